The first kappa shape index (κ1) is 11.3. The smallest absolute Gasteiger partial charge is 0.210 e. The zero-order valence-electron chi connectivity index (χ0n) is 10.6. The van der Waals surface area contributed by atoms with Crippen molar-refractivity contribution in [2.45, 2.75) is 19.1 Å². The van der Waals surface area contributed by atoms with E-state index in [0.29, 0.717) is 0 Å². The van der Waals surface area contributed by atoms with Gasteiger partial charge in [-0.3, -0.25) is 0 Å². The van der Waals surface area contributed by atoms with Gasteiger partial charge >= 0.3 is 0 Å². The Morgan fingerprint density at radius 2 is 1.83 bits per heavy atom. The molecule has 0 amide bonds. The van der Waals surface area contributed by atoms with Crippen LogP contribution >= 0.6 is 0 Å². The number of fused-ring (bicyclic) bond motifs is 1. The molecule has 2 aromatic carbocycles. The second-order valence-electron chi connectivity index (χ2n) is 4.65. The summed E-state index contributed by atoms with van der Waals surface area (Å²) in [6.07, 6.45) is -0.232. The Hall–Kier alpha value is -1.80. The average molecular weight is 240 g/mol. The molecular weight excluding hydrogens is 224 g/mol. The van der Waals surface area contributed by atoms with Crippen molar-refractivity contribution in [1.82, 2.24) is 0 Å². The molecule has 18 heavy (non-hydrogen) atoms. The standard InChI is InChI=1S/C16H16O2/c1-11-8-9-14-13(10-11)15(16(17-2)18-14)12-6-4-3-5-7-12/h3-10,15-16H,1-2H3/t15-,16-/m0/s1. The molecular formula is C16H16O2. The third-order valence-electron chi connectivity index (χ3n) is 3.41. The molecule has 0 saturated carbocycles. The molecule has 0 spiro atoms. The molecule has 1 aliphatic rings. The molecule has 0 saturated heterocycles. The molecule has 0 radical (unpaired) electrons. The molecule has 0 aromatic heterocycles. The number of hydrogen-bond acceptors (Lipinski definition) is 2. The van der Waals surface area contributed by atoms with Crippen molar-refractivity contribution in [3.63, 3.8) is 0 Å². The van der Waals surface area contributed by atoms with Gasteiger partial charge < -0.3 is 9.47 Å². The molecule has 3 rings (SSSR count). The normalized spacial score (nSPS) is 21.4. The molecule has 2 nitrogen and oxygen atoms in total. The van der Waals surface area contributed by atoms with Gasteiger partial charge in [-0.15, -0.1) is 0 Å². The van der Waals surface area contributed by atoms with E-state index in [2.05, 4.69) is 43.3 Å². The summed E-state index contributed by atoms with van der Waals surface area (Å²) in [5, 5.41) is 0. The lowest BCUT2D eigenvalue weighted by atomic mass is 9.91. The molecule has 2 atom stereocenters. The molecule has 2 heteroatoms. The molecule has 0 unspecified atom stereocenters. The summed E-state index contributed by atoms with van der Waals surface area (Å²) in [6.45, 7) is 2.10. The quantitative estimate of drug-likeness (QED) is 0.800. The van der Waals surface area contributed by atoms with E-state index in [1.54, 1.807) is 7.11 Å². The Labute approximate surface area is 107 Å². The van der Waals surface area contributed by atoms with Crippen LogP contribution in [0.15, 0.2) is 48.5 Å². The van der Waals surface area contributed by atoms with Crippen molar-refractivity contribution in [2.75, 3.05) is 7.11 Å². The summed E-state index contributed by atoms with van der Waals surface area (Å²) in [5.41, 5.74) is 3.69. The van der Waals surface area contributed by atoms with Crippen LogP contribution in [0.1, 0.15) is 22.6 Å². The average Bonchev–Trinajstić information content (AvgIpc) is 2.77. The van der Waals surface area contributed by atoms with Crippen LogP contribution < -0.4 is 4.74 Å². The molecule has 0 bridgehead atoms. The van der Waals surface area contributed by atoms with Crippen LogP contribution in [0.4, 0.5) is 0 Å². The second kappa shape index (κ2) is 4.46. The van der Waals surface area contributed by atoms with Crippen molar-refractivity contribution in [2.24, 2.45) is 0 Å². The molecule has 0 N–H and O–H groups in total. The van der Waals surface area contributed by atoms with Crippen molar-refractivity contribution in [3.05, 3.63) is 65.2 Å². The van der Waals surface area contributed by atoms with Gasteiger partial charge in [0.1, 0.15) is 5.75 Å². The summed E-state index contributed by atoms with van der Waals surface area (Å²) in [5.74, 6) is 1.09. The highest BCUT2D eigenvalue weighted by atomic mass is 16.7. The molecule has 1 aliphatic heterocycles. The fourth-order valence-electron chi connectivity index (χ4n) is 2.54. The molecule has 0 aliphatic carbocycles. The third kappa shape index (κ3) is 1.79. The SMILES string of the molecule is CO[C@H]1Oc2ccc(C)cc2[C@@H]1c1ccccc1. The lowest BCUT2D eigenvalue weighted by Gasteiger charge is -2.17. The summed E-state index contributed by atoms with van der Waals surface area (Å²) in [7, 11) is 1.69. The van der Waals surface area contributed by atoms with E-state index in [9.17, 15) is 0 Å². The maximum atomic E-state index is 5.86. The number of methoxy groups -OCH3 is 1. The summed E-state index contributed by atoms with van der Waals surface area (Å²) >= 11 is 0. The predicted octanol–water partition coefficient (Wildman–Crippen LogP) is 3.49. The maximum Gasteiger partial charge on any atom is 0.210 e. The summed E-state index contributed by atoms with van der Waals surface area (Å²) in [4.78, 5) is 0. The van der Waals surface area contributed by atoms with Crippen LogP contribution in [0.3, 0.4) is 0 Å². The van der Waals surface area contributed by atoms with E-state index in [1.165, 1.54) is 16.7 Å². The monoisotopic (exact) mass is 240 g/mol. The van der Waals surface area contributed by atoms with Gasteiger partial charge in [-0.1, -0.05) is 48.0 Å². The van der Waals surface area contributed by atoms with Crippen LogP contribution in [-0.2, 0) is 4.74 Å². The fourth-order valence-corrected chi connectivity index (χ4v) is 2.54. The van der Waals surface area contributed by atoms with Gasteiger partial charge in [0, 0.05) is 12.7 Å². The van der Waals surface area contributed by atoms with Crippen LogP contribution in [0.5, 0.6) is 5.75 Å². The van der Waals surface area contributed by atoms with Crippen molar-refractivity contribution >= 4 is 0 Å². The highest BCUT2D eigenvalue weighted by molar-refractivity contribution is 5.48. The van der Waals surface area contributed by atoms with Gasteiger partial charge in [0.2, 0.25) is 6.29 Å². The molecule has 1 heterocycles. The van der Waals surface area contributed by atoms with Gasteiger partial charge in [0.25, 0.3) is 0 Å². The zero-order valence-corrected chi connectivity index (χ0v) is 10.6. The van der Waals surface area contributed by atoms with Crippen molar-refractivity contribution in [3.8, 4) is 5.75 Å². The van der Waals surface area contributed by atoms with E-state index >= 15 is 0 Å². The lowest BCUT2D eigenvalue weighted by Crippen LogP contribution is -2.21. The van der Waals surface area contributed by atoms with E-state index in [-0.39, 0.29) is 12.2 Å². The Bertz CT molecular complexity index is 548. The predicted molar refractivity (Wildman–Crippen MR) is 70.9 cm³/mol. The minimum absolute atomic E-state index is 0.158. The van der Waals surface area contributed by atoms with Crippen molar-refractivity contribution in [1.29, 1.82) is 0 Å². The molecule has 92 valence electrons. The summed E-state index contributed by atoms with van der Waals surface area (Å²) in [6, 6.07) is 16.7. The van der Waals surface area contributed by atoms with Gasteiger partial charge in [-0.2, -0.15) is 0 Å². The first-order chi connectivity index (χ1) is 8.79. The Morgan fingerprint density at radius 3 is 2.56 bits per heavy atom. The van der Waals surface area contributed by atoms with Crippen LogP contribution in [0, 0.1) is 6.92 Å². The van der Waals surface area contributed by atoms with E-state index in [4.69, 9.17) is 9.47 Å². The number of benzene rings is 2. The van der Waals surface area contributed by atoms with Gasteiger partial charge in [0.05, 0.1) is 5.92 Å². The first-order valence-electron chi connectivity index (χ1n) is 6.14. The number of aryl methyl sites for hydroxylation is 1. The van der Waals surface area contributed by atoms with E-state index < -0.39 is 0 Å². The molecule has 2 aromatic rings. The van der Waals surface area contributed by atoms with Crippen LogP contribution in [-0.4, -0.2) is 13.4 Å². The maximum absolute atomic E-state index is 5.86. The van der Waals surface area contributed by atoms with Crippen LogP contribution in [0.25, 0.3) is 0 Å². The Kier molecular flexibility index (Phi) is 2.80. The van der Waals surface area contributed by atoms with E-state index in [1.807, 2.05) is 12.1 Å². The number of ether oxygens (including phenoxy) is 2. The van der Waals surface area contributed by atoms with Gasteiger partial charge in [-0.05, 0) is 18.6 Å². The van der Waals surface area contributed by atoms with Gasteiger partial charge in [-0.25, -0.2) is 0 Å². The van der Waals surface area contributed by atoms with Crippen molar-refractivity contribution < 1.29 is 9.47 Å². The zero-order chi connectivity index (χ0) is 12.5. The number of rotatable bonds is 2. The Morgan fingerprint density at radius 1 is 1.06 bits per heavy atom. The summed E-state index contributed by atoms with van der Waals surface area (Å²) < 4.78 is 11.3. The van der Waals surface area contributed by atoms with Gasteiger partial charge in [0.15, 0.2) is 0 Å². The lowest BCUT2D eigenvalue weighted by molar-refractivity contribution is -0.0470. The largest absolute Gasteiger partial charge is 0.464 e. The number of hydrogen-bond donors (Lipinski definition) is 0. The molecule has 0 fully saturated rings. The minimum Gasteiger partial charge on any atom is -0.464 e. The van der Waals surface area contributed by atoms with E-state index in [0.717, 1.165) is 5.75 Å². The first-order valence-corrected chi connectivity index (χ1v) is 6.14. The second-order valence-corrected chi connectivity index (χ2v) is 4.65. The fraction of sp³-hybridized carbons (Fsp3) is 0.250. The van der Waals surface area contributed by atoms with Crippen LogP contribution in [0.2, 0.25) is 0 Å². The highest BCUT2D eigenvalue weighted by Crippen LogP contribution is 2.42. The topological polar surface area (TPSA) is 18.5 Å². The Balaban J connectivity index is 2.10. The minimum atomic E-state index is -0.232. The third-order valence-corrected chi connectivity index (χ3v) is 3.41. The highest BCUT2D eigenvalue weighted by Gasteiger charge is 2.35.